The third-order valence-corrected chi connectivity index (χ3v) is 5.01. The van der Waals surface area contributed by atoms with E-state index < -0.39 is 11.7 Å². The van der Waals surface area contributed by atoms with Crippen LogP contribution in [0, 0.1) is 0 Å². The Labute approximate surface area is 164 Å². The molecule has 0 radical (unpaired) electrons. The number of aromatic hydroxyl groups is 2. The molecule has 0 spiro atoms. The standard InChI is InChI=1S/C23H26O5/c1-13(2)10-11-15-20(25)16-12-17(23(3,4)27)28-22(16)18(21(15)26)19(24)14-8-6-5-7-9-14/h5-10,17,25-27H,11-12H2,1-4H3/t17-/m1/s1. The minimum absolute atomic E-state index is 0.0305. The monoisotopic (exact) mass is 382 g/mol. The summed E-state index contributed by atoms with van der Waals surface area (Å²) in [5.41, 5.74) is 1.03. The second-order valence-corrected chi connectivity index (χ2v) is 8.00. The van der Waals surface area contributed by atoms with Gasteiger partial charge >= 0.3 is 0 Å². The number of ether oxygens (including phenoxy) is 1. The number of aliphatic hydroxyl groups is 1. The molecule has 3 N–H and O–H groups in total. The maximum Gasteiger partial charge on any atom is 0.200 e. The van der Waals surface area contributed by atoms with Crippen LogP contribution in [0.4, 0.5) is 0 Å². The number of ketones is 1. The number of phenolic OH excluding ortho intramolecular Hbond substituents is 2. The molecule has 1 heterocycles. The Bertz CT molecular complexity index is 932. The van der Waals surface area contributed by atoms with Gasteiger partial charge in [-0.25, -0.2) is 0 Å². The van der Waals surface area contributed by atoms with Crippen LogP contribution in [0.3, 0.4) is 0 Å². The van der Waals surface area contributed by atoms with Gasteiger partial charge in [0, 0.05) is 23.1 Å². The first-order valence-electron chi connectivity index (χ1n) is 9.33. The van der Waals surface area contributed by atoms with Crippen molar-refractivity contribution in [3.8, 4) is 17.2 Å². The van der Waals surface area contributed by atoms with Gasteiger partial charge in [0.2, 0.25) is 5.78 Å². The zero-order valence-corrected chi connectivity index (χ0v) is 16.6. The van der Waals surface area contributed by atoms with Crippen LogP contribution in [0.2, 0.25) is 0 Å². The van der Waals surface area contributed by atoms with Gasteiger partial charge in [0.15, 0.2) is 0 Å². The zero-order chi connectivity index (χ0) is 20.6. The molecule has 1 aliphatic rings. The van der Waals surface area contributed by atoms with Crippen LogP contribution in [-0.2, 0) is 12.8 Å². The fourth-order valence-electron chi connectivity index (χ4n) is 3.34. The van der Waals surface area contributed by atoms with Crippen molar-refractivity contribution in [1.29, 1.82) is 0 Å². The summed E-state index contributed by atoms with van der Waals surface area (Å²) < 4.78 is 5.88. The molecule has 0 amide bonds. The summed E-state index contributed by atoms with van der Waals surface area (Å²) in [5.74, 6) is -0.596. The summed E-state index contributed by atoms with van der Waals surface area (Å²) in [6.07, 6.45) is 1.78. The number of fused-ring (bicyclic) bond motifs is 1. The highest BCUT2D eigenvalue weighted by Crippen LogP contribution is 2.49. The summed E-state index contributed by atoms with van der Waals surface area (Å²) in [6.45, 7) is 7.07. The molecular formula is C23H26O5. The van der Waals surface area contributed by atoms with E-state index in [4.69, 9.17) is 4.74 Å². The van der Waals surface area contributed by atoms with Crippen LogP contribution in [0.25, 0.3) is 0 Å². The number of carbonyl (C=O) groups excluding carboxylic acids is 1. The van der Waals surface area contributed by atoms with Crippen molar-refractivity contribution in [2.24, 2.45) is 0 Å². The molecule has 0 bridgehead atoms. The molecule has 28 heavy (non-hydrogen) atoms. The highest BCUT2D eigenvalue weighted by molar-refractivity contribution is 6.13. The van der Waals surface area contributed by atoms with E-state index in [0.29, 0.717) is 16.7 Å². The third kappa shape index (κ3) is 3.62. The number of benzene rings is 2. The van der Waals surface area contributed by atoms with E-state index in [2.05, 4.69) is 0 Å². The largest absolute Gasteiger partial charge is 0.507 e. The van der Waals surface area contributed by atoms with Gasteiger partial charge in [-0.15, -0.1) is 0 Å². The second kappa shape index (κ2) is 7.32. The first-order chi connectivity index (χ1) is 13.1. The van der Waals surface area contributed by atoms with Gasteiger partial charge < -0.3 is 20.1 Å². The summed E-state index contributed by atoms with van der Waals surface area (Å²) in [7, 11) is 0. The Balaban J connectivity index is 2.21. The predicted octanol–water partition coefficient (Wildman–Crippen LogP) is 3.91. The molecule has 0 saturated carbocycles. The molecule has 0 aromatic heterocycles. The number of allylic oxidation sites excluding steroid dienone is 2. The molecule has 148 valence electrons. The average Bonchev–Trinajstić information content (AvgIpc) is 3.07. The van der Waals surface area contributed by atoms with Crippen molar-refractivity contribution in [2.75, 3.05) is 0 Å². The normalized spacial score (nSPS) is 15.7. The minimum Gasteiger partial charge on any atom is -0.507 e. The molecule has 0 saturated heterocycles. The predicted molar refractivity (Wildman–Crippen MR) is 107 cm³/mol. The number of hydrogen-bond donors (Lipinski definition) is 3. The smallest absolute Gasteiger partial charge is 0.200 e. The lowest BCUT2D eigenvalue weighted by atomic mass is 9.91. The number of carbonyl (C=O) groups is 1. The van der Waals surface area contributed by atoms with Gasteiger partial charge in [-0.05, 0) is 34.1 Å². The van der Waals surface area contributed by atoms with Crippen molar-refractivity contribution in [3.63, 3.8) is 0 Å². The summed E-state index contributed by atoms with van der Waals surface area (Å²) in [5, 5.41) is 32.1. The first-order valence-corrected chi connectivity index (χ1v) is 9.33. The zero-order valence-electron chi connectivity index (χ0n) is 16.6. The maximum atomic E-state index is 13.2. The third-order valence-electron chi connectivity index (χ3n) is 5.01. The van der Waals surface area contributed by atoms with Crippen molar-refractivity contribution < 1.29 is 24.9 Å². The van der Waals surface area contributed by atoms with Crippen molar-refractivity contribution in [2.45, 2.75) is 52.2 Å². The summed E-state index contributed by atoms with van der Waals surface area (Å²) in [4.78, 5) is 13.2. The summed E-state index contributed by atoms with van der Waals surface area (Å²) in [6, 6.07) is 8.63. The molecule has 1 aliphatic heterocycles. The molecule has 0 fully saturated rings. The van der Waals surface area contributed by atoms with Gasteiger partial charge in [0.1, 0.15) is 28.9 Å². The Morgan fingerprint density at radius 3 is 2.39 bits per heavy atom. The van der Waals surface area contributed by atoms with Crippen LogP contribution in [0.15, 0.2) is 42.0 Å². The molecule has 5 nitrogen and oxygen atoms in total. The van der Waals surface area contributed by atoms with Gasteiger partial charge in [-0.3, -0.25) is 4.79 Å². The van der Waals surface area contributed by atoms with E-state index in [1.807, 2.05) is 19.9 Å². The van der Waals surface area contributed by atoms with Gasteiger partial charge in [-0.1, -0.05) is 42.0 Å². The van der Waals surface area contributed by atoms with Gasteiger partial charge in [-0.2, -0.15) is 0 Å². The molecule has 3 rings (SSSR count). The highest BCUT2D eigenvalue weighted by Gasteiger charge is 2.41. The Kier molecular flexibility index (Phi) is 5.22. The number of hydrogen-bond acceptors (Lipinski definition) is 5. The lowest BCUT2D eigenvalue weighted by molar-refractivity contribution is -0.0232. The van der Waals surface area contributed by atoms with Crippen LogP contribution in [-0.4, -0.2) is 32.8 Å². The first kappa shape index (κ1) is 20.0. The van der Waals surface area contributed by atoms with E-state index in [9.17, 15) is 20.1 Å². The minimum atomic E-state index is -1.17. The fourth-order valence-corrected chi connectivity index (χ4v) is 3.34. The molecular weight excluding hydrogens is 356 g/mol. The SMILES string of the molecule is CC(C)=CCc1c(O)c2c(c(C(=O)c3ccccc3)c1O)O[C@@H](C(C)(C)O)C2. The van der Waals surface area contributed by atoms with E-state index in [0.717, 1.165) is 5.57 Å². The van der Waals surface area contributed by atoms with E-state index in [-0.39, 0.29) is 41.4 Å². The van der Waals surface area contributed by atoms with Gasteiger partial charge in [0.25, 0.3) is 0 Å². The van der Waals surface area contributed by atoms with Gasteiger partial charge in [0.05, 0.1) is 5.60 Å². The lowest BCUT2D eigenvalue weighted by Crippen LogP contribution is -2.39. The van der Waals surface area contributed by atoms with E-state index in [1.54, 1.807) is 44.2 Å². The lowest BCUT2D eigenvalue weighted by Gasteiger charge is -2.24. The van der Waals surface area contributed by atoms with Crippen molar-refractivity contribution in [1.82, 2.24) is 0 Å². The Morgan fingerprint density at radius 2 is 1.82 bits per heavy atom. The van der Waals surface area contributed by atoms with Crippen molar-refractivity contribution in [3.05, 3.63) is 64.2 Å². The quantitative estimate of drug-likeness (QED) is 0.539. The van der Waals surface area contributed by atoms with Crippen LogP contribution in [0.1, 0.15) is 54.7 Å². The second-order valence-electron chi connectivity index (χ2n) is 8.00. The fraction of sp³-hybridized carbons (Fsp3) is 0.348. The Morgan fingerprint density at radius 1 is 1.18 bits per heavy atom. The molecule has 2 aromatic rings. The maximum absolute atomic E-state index is 13.2. The number of rotatable bonds is 5. The summed E-state index contributed by atoms with van der Waals surface area (Å²) >= 11 is 0. The van der Waals surface area contributed by atoms with E-state index in [1.165, 1.54) is 0 Å². The average molecular weight is 382 g/mol. The molecule has 2 aromatic carbocycles. The van der Waals surface area contributed by atoms with Crippen molar-refractivity contribution >= 4 is 5.78 Å². The van der Waals surface area contributed by atoms with Crippen LogP contribution >= 0.6 is 0 Å². The van der Waals surface area contributed by atoms with E-state index >= 15 is 0 Å². The molecule has 0 unspecified atom stereocenters. The van der Waals surface area contributed by atoms with Crippen LogP contribution < -0.4 is 4.74 Å². The molecule has 1 atom stereocenters. The molecule has 5 heteroatoms. The topological polar surface area (TPSA) is 87.0 Å². The molecule has 0 aliphatic carbocycles. The van der Waals surface area contributed by atoms with Crippen LogP contribution in [0.5, 0.6) is 17.2 Å². The Hall–Kier alpha value is -2.79. The highest BCUT2D eigenvalue weighted by atomic mass is 16.5. The number of phenols is 2.